The summed E-state index contributed by atoms with van der Waals surface area (Å²) in [6, 6.07) is -9.95. The number of nitrogens with two attached hydrogens (primary N) is 5. The number of amides is 6. The van der Waals surface area contributed by atoms with Crippen LogP contribution in [0.25, 0.3) is 0 Å². The molecule has 0 aliphatic carbocycles. The molecule has 0 saturated carbocycles. The van der Waals surface area contributed by atoms with Crippen molar-refractivity contribution in [3.8, 4) is 0 Å². The highest BCUT2D eigenvalue weighted by Crippen LogP contribution is 2.42. The number of aliphatic carboxylic acids is 3. The standard InChI is InChI=1S/C42H68N13O24PS/c1-81-17-14-22(37(68)51-20(6-9-26(43)57)35(66)50-19(4-2-15-48-41(44)45)34(65)54-24(39(70)71)5-3-16-49-42(46)47)53-36(67)21(7-10-27(58)59)52-38(69)23(8-11-28(60)61)55-78-30(63)13-12-29(62)76-25(18-56)32-31(64)33(40(72)77-32)79-80(73,74)75/h19-25,32,55-56,64H,2-18H2,1H3,(H2,43,57)(H,50,66)(H,51,68)(H,52,69)(H,53,67)(H,54,65)(H,58,59)(H,60,61)(H,70,71)(H4,44,45,48)(H4,46,47,49)(H2,73,74,75). The summed E-state index contributed by atoms with van der Waals surface area (Å²) in [4.78, 5) is 184. The number of rotatable bonds is 41. The number of aliphatic imine (C=N–C) groups is 2. The Morgan fingerprint density at radius 2 is 1.05 bits per heavy atom. The molecule has 8 unspecified atom stereocenters. The Morgan fingerprint density at radius 1 is 0.630 bits per heavy atom. The van der Waals surface area contributed by atoms with Gasteiger partial charge in [0.1, 0.15) is 36.3 Å². The normalized spacial score (nSPS) is 15.5. The fraction of sp³-hybridized carbons (Fsp3) is 0.619. The number of phosphoric acid groups is 1. The van der Waals surface area contributed by atoms with Crippen LogP contribution >= 0.6 is 19.6 Å². The number of hydrogen-bond donors (Lipinski definition) is 18. The molecular weight excluding hydrogens is 1130 g/mol. The molecule has 0 spiro atoms. The Bertz CT molecular complexity index is 2400. The van der Waals surface area contributed by atoms with Crippen LogP contribution in [0, 0.1) is 0 Å². The third-order valence-electron chi connectivity index (χ3n) is 10.7. The van der Waals surface area contributed by atoms with E-state index in [0.717, 1.165) is 0 Å². The first kappa shape index (κ1) is 71.0. The summed E-state index contributed by atoms with van der Waals surface area (Å²) in [6.07, 6.45) is -8.40. The number of guanidine groups is 2. The summed E-state index contributed by atoms with van der Waals surface area (Å²) in [5.74, 6) is -18.2. The van der Waals surface area contributed by atoms with Gasteiger partial charge in [0.2, 0.25) is 41.5 Å². The minimum Gasteiger partial charge on any atom is -0.505 e. The van der Waals surface area contributed by atoms with Crippen LogP contribution < -0.4 is 60.7 Å². The van der Waals surface area contributed by atoms with E-state index in [1.807, 2.05) is 5.48 Å². The molecule has 81 heavy (non-hydrogen) atoms. The van der Waals surface area contributed by atoms with Crippen molar-refractivity contribution in [2.75, 3.05) is 31.7 Å². The van der Waals surface area contributed by atoms with Crippen molar-refractivity contribution in [2.45, 2.75) is 132 Å². The lowest BCUT2D eigenvalue weighted by Gasteiger charge is -2.27. The zero-order chi connectivity index (χ0) is 61.6. The molecule has 456 valence electrons. The van der Waals surface area contributed by atoms with Gasteiger partial charge in [-0.15, -0.1) is 5.48 Å². The maximum atomic E-state index is 14.0. The van der Waals surface area contributed by atoms with Crippen LogP contribution in [0.3, 0.4) is 0 Å². The number of carbonyl (C=O) groups excluding carboxylic acids is 9. The predicted molar refractivity (Wildman–Crippen MR) is 274 cm³/mol. The van der Waals surface area contributed by atoms with Crippen LogP contribution in [0.5, 0.6) is 0 Å². The van der Waals surface area contributed by atoms with Gasteiger partial charge in [-0.2, -0.15) is 11.8 Å². The molecule has 0 aromatic carbocycles. The van der Waals surface area contributed by atoms with E-state index in [9.17, 15) is 87.6 Å². The molecular formula is C42H68N13O24PS. The number of ether oxygens (including phenoxy) is 2. The zero-order valence-electron chi connectivity index (χ0n) is 43.3. The number of carboxylic acid groups (broad SMARTS) is 3. The van der Waals surface area contributed by atoms with E-state index in [4.69, 9.17) is 48.0 Å². The lowest BCUT2D eigenvalue weighted by atomic mass is 10.0. The second-order valence-corrected chi connectivity index (χ2v) is 19.3. The lowest BCUT2D eigenvalue weighted by Crippen LogP contribution is -2.59. The molecule has 0 aromatic rings. The van der Waals surface area contributed by atoms with Crippen LogP contribution in [-0.2, 0) is 80.9 Å². The monoisotopic (exact) mass is 1200 g/mol. The first-order valence-corrected chi connectivity index (χ1v) is 27.0. The van der Waals surface area contributed by atoms with Crippen molar-refractivity contribution in [1.29, 1.82) is 0 Å². The van der Waals surface area contributed by atoms with Gasteiger partial charge >= 0.3 is 43.6 Å². The fourth-order valence-electron chi connectivity index (χ4n) is 6.73. The first-order chi connectivity index (χ1) is 37.9. The highest BCUT2D eigenvalue weighted by atomic mass is 32.2. The summed E-state index contributed by atoms with van der Waals surface area (Å²) in [6.45, 7) is -1.19. The van der Waals surface area contributed by atoms with Crippen molar-refractivity contribution < 1.29 is 116 Å². The second-order valence-electron chi connectivity index (χ2n) is 17.2. The number of carboxylic acids is 3. The third kappa shape index (κ3) is 29.1. The minimum atomic E-state index is -5.40. The van der Waals surface area contributed by atoms with E-state index < -0.39 is 197 Å². The number of nitrogens with zero attached hydrogens (tertiary/aromatic N) is 2. The molecule has 0 saturated heterocycles. The first-order valence-electron chi connectivity index (χ1n) is 24.1. The van der Waals surface area contributed by atoms with Crippen molar-refractivity contribution in [3.05, 3.63) is 11.5 Å². The smallest absolute Gasteiger partial charge is 0.505 e. The molecule has 23 N–H and O–H groups in total. The molecule has 0 aromatic heterocycles. The molecule has 1 aliphatic rings. The van der Waals surface area contributed by atoms with Gasteiger partial charge in [-0.05, 0) is 63.4 Å². The number of nitrogens with one attached hydrogen (secondary N) is 6. The molecule has 1 heterocycles. The number of aliphatic hydroxyl groups is 2. The van der Waals surface area contributed by atoms with E-state index in [1.54, 1.807) is 6.26 Å². The molecule has 1 rings (SSSR count). The number of phosphoric ester groups is 1. The number of thioether (sulfide) groups is 1. The minimum absolute atomic E-state index is 0.0139. The number of primary amides is 1. The van der Waals surface area contributed by atoms with E-state index in [0.29, 0.717) is 0 Å². The van der Waals surface area contributed by atoms with Crippen LogP contribution in [-0.4, -0.2) is 199 Å². The Morgan fingerprint density at radius 3 is 1.48 bits per heavy atom. The van der Waals surface area contributed by atoms with Gasteiger partial charge in [0.15, 0.2) is 23.8 Å². The maximum Gasteiger partial charge on any atom is 0.525 e. The Labute approximate surface area is 463 Å². The molecule has 37 nitrogen and oxygen atoms in total. The zero-order valence-corrected chi connectivity index (χ0v) is 45.1. The van der Waals surface area contributed by atoms with Crippen molar-refractivity contribution in [2.24, 2.45) is 38.7 Å². The van der Waals surface area contributed by atoms with E-state index in [-0.39, 0.29) is 62.9 Å². The second kappa shape index (κ2) is 36.2. The Hall–Kier alpha value is -8.06. The molecule has 1 aliphatic heterocycles. The van der Waals surface area contributed by atoms with Crippen molar-refractivity contribution in [1.82, 2.24) is 32.1 Å². The average Bonchev–Trinajstić information content (AvgIpc) is 3.73. The predicted octanol–water partition coefficient (Wildman–Crippen LogP) is -6.74. The highest BCUT2D eigenvalue weighted by molar-refractivity contribution is 7.98. The summed E-state index contributed by atoms with van der Waals surface area (Å²) < 4.78 is 24.8. The number of esters is 2. The number of cyclic esters (lactones) is 1. The van der Waals surface area contributed by atoms with Gasteiger partial charge in [-0.25, -0.2) is 14.2 Å². The van der Waals surface area contributed by atoms with E-state index in [2.05, 4.69) is 45.8 Å². The van der Waals surface area contributed by atoms with Crippen molar-refractivity contribution >= 4 is 103 Å². The molecule has 0 radical (unpaired) electrons. The van der Waals surface area contributed by atoms with E-state index in [1.165, 1.54) is 11.8 Å². The Kier molecular flexibility index (Phi) is 31.8. The fourth-order valence-corrected chi connectivity index (χ4v) is 7.61. The quantitative estimate of drug-likeness (QED) is 0.00515. The molecule has 6 amide bonds. The summed E-state index contributed by atoms with van der Waals surface area (Å²) >= 11 is 1.18. The van der Waals surface area contributed by atoms with Crippen LogP contribution in [0.4, 0.5) is 0 Å². The molecule has 0 fully saturated rings. The van der Waals surface area contributed by atoms with Gasteiger partial charge in [0.25, 0.3) is 5.76 Å². The maximum absolute atomic E-state index is 14.0. The van der Waals surface area contributed by atoms with Crippen LogP contribution in [0.2, 0.25) is 0 Å². The number of hydrogen-bond acceptors (Lipinski definition) is 23. The van der Waals surface area contributed by atoms with E-state index >= 15 is 0 Å². The SMILES string of the molecule is CSCCC(NC(=O)C(CCC(=O)O)NC(=O)C(CCC(=O)O)NOC(=O)CCC(=O)OC(CO)C1OC(=O)C(OP(=O)(O)O)=C1O)C(=O)NC(CCC(N)=O)C(=O)NC(CCCN=C(N)N)C(=O)NC(CCCN=C(N)N)C(=O)O. The van der Waals surface area contributed by atoms with Crippen molar-refractivity contribution in [3.63, 3.8) is 0 Å². The molecule has 0 bridgehead atoms. The molecule has 8 atom stereocenters. The topological polar surface area (TPSA) is 627 Å². The van der Waals surface area contributed by atoms with Gasteiger partial charge in [-0.1, -0.05) is 0 Å². The van der Waals surface area contributed by atoms with Gasteiger partial charge in [0.05, 0.1) is 19.4 Å². The van der Waals surface area contributed by atoms with Gasteiger partial charge in [0, 0.05) is 32.4 Å². The van der Waals surface area contributed by atoms with Crippen LogP contribution in [0.15, 0.2) is 21.5 Å². The molecule has 39 heteroatoms. The number of hydroxylamine groups is 1. The average molecular weight is 1200 g/mol. The highest BCUT2D eigenvalue weighted by Gasteiger charge is 2.45. The summed E-state index contributed by atoms with van der Waals surface area (Å²) in [5, 5.41) is 60.2. The van der Waals surface area contributed by atoms with Gasteiger partial charge < -0.3 is 99.6 Å². The number of aliphatic hydroxyl groups excluding tert-OH is 2. The lowest BCUT2D eigenvalue weighted by molar-refractivity contribution is -0.167. The number of carbonyl (C=O) groups is 12. The third-order valence-corrected chi connectivity index (χ3v) is 11.8. The van der Waals surface area contributed by atoms with Gasteiger partial charge in [-0.3, -0.25) is 67.7 Å². The Balaban J connectivity index is 3.35. The largest absolute Gasteiger partial charge is 0.525 e. The summed E-state index contributed by atoms with van der Waals surface area (Å²) in [7, 11) is -5.40. The van der Waals surface area contributed by atoms with Crippen LogP contribution in [0.1, 0.15) is 83.5 Å². The summed E-state index contributed by atoms with van der Waals surface area (Å²) in [5.41, 5.74) is 28.7.